The zero-order valence-electron chi connectivity index (χ0n) is 10.5. The maximum Gasteiger partial charge on any atom is 0.150 e. The normalized spacial score (nSPS) is 10.6. The lowest BCUT2D eigenvalue weighted by Crippen LogP contribution is -2.00. The van der Waals surface area contributed by atoms with Gasteiger partial charge < -0.3 is 0 Å². The standard InChI is InChI=1S/C15H14N2O/c1-10(2)5-13-12(7-16)8-17-15-4-3-11(9-18)6-14(13)15/h3-4,6,8-10H,5H2,1-2H3. The van der Waals surface area contributed by atoms with E-state index in [0.717, 1.165) is 29.2 Å². The maximum absolute atomic E-state index is 10.9. The molecule has 0 fully saturated rings. The molecule has 3 nitrogen and oxygen atoms in total. The Balaban J connectivity index is 2.74. The number of carbonyl (C=O) groups excluding carboxylic acids is 1. The summed E-state index contributed by atoms with van der Waals surface area (Å²) in [4.78, 5) is 15.1. The molecule has 2 rings (SSSR count). The Morgan fingerprint density at radius 1 is 1.44 bits per heavy atom. The number of nitrogens with zero attached hydrogens (tertiary/aromatic N) is 2. The molecule has 1 heterocycles. The molecule has 0 aliphatic carbocycles. The minimum atomic E-state index is 0.447. The zero-order chi connectivity index (χ0) is 13.1. The number of hydrogen-bond acceptors (Lipinski definition) is 3. The fourth-order valence-electron chi connectivity index (χ4n) is 2.06. The summed E-state index contributed by atoms with van der Waals surface area (Å²) in [6.45, 7) is 4.22. The fraction of sp³-hybridized carbons (Fsp3) is 0.267. The monoisotopic (exact) mass is 238 g/mol. The Morgan fingerprint density at radius 3 is 2.83 bits per heavy atom. The van der Waals surface area contributed by atoms with E-state index in [-0.39, 0.29) is 0 Å². The highest BCUT2D eigenvalue weighted by Gasteiger charge is 2.10. The van der Waals surface area contributed by atoms with E-state index in [4.69, 9.17) is 5.26 Å². The second-order valence-corrected chi connectivity index (χ2v) is 4.75. The lowest BCUT2D eigenvalue weighted by atomic mass is 9.95. The minimum Gasteiger partial charge on any atom is -0.298 e. The van der Waals surface area contributed by atoms with Crippen molar-refractivity contribution < 1.29 is 4.79 Å². The average molecular weight is 238 g/mol. The first-order chi connectivity index (χ1) is 8.65. The molecule has 0 atom stereocenters. The van der Waals surface area contributed by atoms with Crippen LogP contribution in [0.25, 0.3) is 10.9 Å². The summed E-state index contributed by atoms with van der Waals surface area (Å²) in [6.07, 6.45) is 3.24. The van der Waals surface area contributed by atoms with Gasteiger partial charge in [0, 0.05) is 17.1 Å². The summed E-state index contributed by atoms with van der Waals surface area (Å²) in [5, 5.41) is 10.1. The molecule has 0 saturated carbocycles. The molecular weight excluding hydrogens is 224 g/mol. The molecule has 0 bridgehead atoms. The topological polar surface area (TPSA) is 53.8 Å². The molecule has 0 unspecified atom stereocenters. The van der Waals surface area contributed by atoms with E-state index >= 15 is 0 Å². The molecule has 0 saturated heterocycles. The fourth-order valence-corrected chi connectivity index (χ4v) is 2.06. The molecule has 0 amide bonds. The molecule has 18 heavy (non-hydrogen) atoms. The third kappa shape index (κ3) is 2.23. The predicted octanol–water partition coefficient (Wildman–Crippen LogP) is 3.12. The number of benzene rings is 1. The van der Waals surface area contributed by atoms with Crippen molar-refractivity contribution in [2.75, 3.05) is 0 Å². The summed E-state index contributed by atoms with van der Waals surface area (Å²) in [6, 6.07) is 7.56. The molecule has 1 aromatic carbocycles. The first-order valence-corrected chi connectivity index (χ1v) is 5.92. The van der Waals surface area contributed by atoms with E-state index in [1.54, 1.807) is 12.3 Å². The van der Waals surface area contributed by atoms with E-state index in [9.17, 15) is 4.79 Å². The highest BCUT2D eigenvalue weighted by Crippen LogP contribution is 2.24. The highest BCUT2D eigenvalue weighted by atomic mass is 16.1. The molecule has 90 valence electrons. The lowest BCUT2D eigenvalue weighted by Gasteiger charge is -2.10. The summed E-state index contributed by atoms with van der Waals surface area (Å²) in [5.74, 6) is 0.447. The van der Waals surface area contributed by atoms with Crippen molar-refractivity contribution in [3.8, 4) is 6.07 Å². The molecule has 3 heteroatoms. The number of rotatable bonds is 3. The van der Waals surface area contributed by atoms with E-state index in [1.807, 2.05) is 12.1 Å². The quantitative estimate of drug-likeness (QED) is 0.772. The van der Waals surface area contributed by atoms with Gasteiger partial charge in [0.15, 0.2) is 0 Å². The van der Waals surface area contributed by atoms with Gasteiger partial charge in [0.25, 0.3) is 0 Å². The van der Waals surface area contributed by atoms with Gasteiger partial charge in [-0.3, -0.25) is 9.78 Å². The third-order valence-electron chi connectivity index (χ3n) is 2.87. The van der Waals surface area contributed by atoms with Gasteiger partial charge in [-0.15, -0.1) is 0 Å². The maximum atomic E-state index is 10.9. The molecule has 0 radical (unpaired) electrons. The number of hydrogen-bond donors (Lipinski definition) is 0. The van der Waals surface area contributed by atoms with E-state index in [1.165, 1.54) is 0 Å². The molecule has 0 N–H and O–H groups in total. The van der Waals surface area contributed by atoms with Gasteiger partial charge in [-0.05, 0) is 36.1 Å². The van der Waals surface area contributed by atoms with Gasteiger partial charge in [-0.25, -0.2) is 0 Å². The third-order valence-corrected chi connectivity index (χ3v) is 2.87. The largest absolute Gasteiger partial charge is 0.298 e. The Hall–Kier alpha value is -2.21. The number of nitriles is 1. The van der Waals surface area contributed by atoms with Crippen molar-refractivity contribution in [1.82, 2.24) is 4.98 Å². The van der Waals surface area contributed by atoms with Crippen molar-refractivity contribution >= 4 is 17.2 Å². The minimum absolute atomic E-state index is 0.447. The van der Waals surface area contributed by atoms with Crippen LogP contribution in [0.2, 0.25) is 0 Å². The first-order valence-electron chi connectivity index (χ1n) is 5.92. The van der Waals surface area contributed by atoms with Gasteiger partial charge in [-0.2, -0.15) is 5.26 Å². The smallest absolute Gasteiger partial charge is 0.150 e. The van der Waals surface area contributed by atoms with Gasteiger partial charge >= 0.3 is 0 Å². The Morgan fingerprint density at radius 2 is 2.22 bits per heavy atom. The number of pyridine rings is 1. The summed E-state index contributed by atoms with van der Waals surface area (Å²) in [7, 11) is 0. The molecule has 1 aromatic heterocycles. The lowest BCUT2D eigenvalue weighted by molar-refractivity contribution is 0.112. The van der Waals surface area contributed by atoms with E-state index in [2.05, 4.69) is 24.9 Å². The Bertz CT molecular complexity index is 639. The van der Waals surface area contributed by atoms with Crippen LogP contribution >= 0.6 is 0 Å². The van der Waals surface area contributed by atoms with Gasteiger partial charge in [0.1, 0.15) is 12.4 Å². The van der Waals surface area contributed by atoms with Crippen LogP contribution in [-0.4, -0.2) is 11.3 Å². The Labute approximate surface area is 106 Å². The van der Waals surface area contributed by atoms with Gasteiger partial charge in [0.2, 0.25) is 0 Å². The number of aromatic nitrogens is 1. The molecular formula is C15H14N2O. The summed E-state index contributed by atoms with van der Waals surface area (Å²) >= 11 is 0. The van der Waals surface area contributed by atoms with Crippen LogP contribution in [0, 0.1) is 17.2 Å². The van der Waals surface area contributed by atoms with Crippen molar-refractivity contribution in [2.45, 2.75) is 20.3 Å². The van der Waals surface area contributed by atoms with Gasteiger partial charge in [0.05, 0.1) is 11.1 Å². The van der Waals surface area contributed by atoms with Crippen LogP contribution in [0.15, 0.2) is 24.4 Å². The second-order valence-electron chi connectivity index (χ2n) is 4.75. The SMILES string of the molecule is CC(C)Cc1c(C#N)cnc2ccc(C=O)cc12. The highest BCUT2D eigenvalue weighted by molar-refractivity contribution is 5.89. The predicted molar refractivity (Wildman–Crippen MR) is 70.4 cm³/mol. The van der Waals surface area contributed by atoms with Crippen molar-refractivity contribution in [1.29, 1.82) is 5.26 Å². The van der Waals surface area contributed by atoms with Crippen LogP contribution in [0.4, 0.5) is 0 Å². The zero-order valence-corrected chi connectivity index (χ0v) is 10.5. The molecule has 0 spiro atoms. The average Bonchev–Trinajstić information content (AvgIpc) is 2.38. The van der Waals surface area contributed by atoms with Crippen LogP contribution in [0.5, 0.6) is 0 Å². The van der Waals surface area contributed by atoms with Crippen LogP contribution in [-0.2, 0) is 6.42 Å². The number of aldehydes is 1. The molecule has 0 aliphatic heterocycles. The van der Waals surface area contributed by atoms with Crippen molar-refractivity contribution in [2.24, 2.45) is 5.92 Å². The van der Waals surface area contributed by atoms with E-state index in [0.29, 0.717) is 17.0 Å². The second kappa shape index (κ2) is 4.97. The summed E-state index contributed by atoms with van der Waals surface area (Å²) in [5.41, 5.74) is 3.03. The first kappa shape index (κ1) is 12.3. The number of fused-ring (bicyclic) bond motifs is 1. The van der Waals surface area contributed by atoms with Crippen LogP contribution in [0.3, 0.4) is 0 Å². The molecule has 0 aliphatic rings. The molecule has 2 aromatic rings. The van der Waals surface area contributed by atoms with Gasteiger partial charge in [-0.1, -0.05) is 13.8 Å². The summed E-state index contributed by atoms with van der Waals surface area (Å²) < 4.78 is 0. The number of carbonyl (C=O) groups is 1. The van der Waals surface area contributed by atoms with Crippen molar-refractivity contribution in [3.63, 3.8) is 0 Å². The van der Waals surface area contributed by atoms with Crippen LogP contribution < -0.4 is 0 Å². The van der Waals surface area contributed by atoms with Crippen molar-refractivity contribution in [3.05, 3.63) is 41.1 Å². The Kier molecular flexibility index (Phi) is 3.38. The van der Waals surface area contributed by atoms with E-state index < -0.39 is 0 Å². The van der Waals surface area contributed by atoms with Crippen LogP contribution in [0.1, 0.15) is 35.3 Å².